The van der Waals surface area contributed by atoms with Crippen molar-refractivity contribution in [1.82, 2.24) is 15.1 Å². The topological polar surface area (TPSA) is 125 Å². The first-order valence-corrected chi connectivity index (χ1v) is 15.9. The first kappa shape index (κ1) is 33.4. The van der Waals surface area contributed by atoms with Crippen LogP contribution in [0.4, 0.5) is 0 Å². The van der Waals surface area contributed by atoms with Crippen molar-refractivity contribution in [3.05, 3.63) is 61.2 Å². The van der Waals surface area contributed by atoms with Crippen molar-refractivity contribution in [2.45, 2.75) is 82.1 Å². The van der Waals surface area contributed by atoms with Gasteiger partial charge in [-0.15, -0.1) is 13.2 Å². The fourth-order valence-electron chi connectivity index (χ4n) is 6.98. The molecule has 0 saturated carbocycles. The van der Waals surface area contributed by atoms with Gasteiger partial charge in [0.1, 0.15) is 18.2 Å². The fraction of sp³-hybridized carbons (Fsp3) is 0.588. The Labute approximate surface area is 260 Å². The van der Waals surface area contributed by atoms with Gasteiger partial charge in [0.05, 0.1) is 24.0 Å². The zero-order chi connectivity index (χ0) is 31.7. The van der Waals surface area contributed by atoms with E-state index in [2.05, 4.69) is 25.4 Å². The van der Waals surface area contributed by atoms with Crippen LogP contribution in [0.3, 0.4) is 0 Å². The van der Waals surface area contributed by atoms with Gasteiger partial charge in [0.15, 0.2) is 0 Å². The molecule has 3 fully saturated rings. The SMILES string of the molecule is C=CCCC(=O)OC[C@@H](NC(=O)[C@@H]1[C@@H]2CC[C@]3(O2)[C@H](C(=O)N(CC=C)CCCC)N(CCCCO)C(=O)[C@@H]13)c1ccccc1. The quantitative estimate of drug-likeness (QED) is 0.149. The van der Waals surface area contributed by atoms with E-state index < -0.39 is 35.6 Å². The number of nitrogens with zero attached hydrogens (tertiary/aromatic N) is 2. The largest absolute Gasteiger partial charge is 0.463 e. The number of nitrogens with one attached hydrogen (secondary N) is 1. The van der Waals surface area contributed by atoms with Crippen molar-refractivity contribution in [3.8, 4) is 0 Å². The maximum Gasteiger partial charge on any atom is 0.306 e. The maximum absolute atomic E-state index is 14.2. The van der Waals surface area contributed by atoms with E-state index in [4.69, 9.17) is 9.47 Å². The molecule has 0 radical (unpaired) electrons. The van der Waals surface area contributed by atoms with Gasteiger partial charge in [-0.25, -0.2) is 0 Å². The van der Waals surface area contributed by atoms with Gasteiger partial charge >= 0.3 is 5.97 Å². The number of allylic oxidation sites excluding steroid dienone is 1. The molecule has 3 heterocycles. The molecule has 1 aromatic rings. The van der Waals surface area contributed by atoms with Gasteiger partial charge < -0.3 is 29.7 Å². The minimum Gasteiger partial charge on any atom is -0.463 e. The summed E-state index contributed by atoms with van der Waals surface area (Å²) in [6.45, 7) is 10.6. The second-order valence-electron chi connectivity index (χ2n) is 11.9. The molecule has 2 N–H and O–H groups in total. The van der Waals surface area contributed by atoms with Gasteiger partial charge in [-0.05, 0) is 44.1 Å². The second-order valence-corrected chi connectivity index (χ2v) is 11.9. The van der Waals surface area contributed by atoms with Gasteiger partial charge in [-0.2, -0.15) is 0 Å². The molecule has 0 unspecified atom stereocenters. The monoisotopic (exact) mass is 609 g/mol. The summed E-state index contributed by atoms with van der Waals surface area (Å²) < 4.78 is 12.1. The van der Waals surface area contributed by atoms with Crippen molar-refractivity contribution >= 4 is 23.7 Å². The van der Waals surface area contributed by atoms with Crippen molar-refractivity contribution in [2.75, 3.05) is 32.8 Å². The van der Waals surface area contributed by atoms with Crippen LogP contribution >= 0.6 is 0 Å². The Kier molecular flexibility index (Phi) is 11.7. The number of carbonyl (C=O) groups excluding carboxylic acids is 4. The number of benzene rings is 1. The van der Waals surface area contributed by atoms with Crippen molar-refractivity contribution in [3.63, 3.8) is 0 Å². The average Bonchev–Trinajstić information content (AvgIpc) is 3.67. The highest BCUT2D eigenvalue weighted by Crippen LogP contribution is 2.58. The number of aliphatic hydroxyl groups is 1. The third-order valence-electron chi connectivity index (χ3n) is 9.07. The number of likely N-dealkylation sites (tertiary alicyclic amines) is 1. The van der Waals surface area contributed by atoms with E-state index in [1.165, 1.54) is 0 Å². The number of ether oxygens (including phenoxy) is 2. The number of unbranched alkanes of at least 4 members (excludes halogenated alkanes) is 2. The number of hydrogen-bond donors (Lipinski definition) is 2. The van der Waals surface area contributed by atoms with Crippen LogP contribution in [0.1, 0.15) is 69.9 Å². The van der Waals surface area contributed by atoms with Crippen molar-refractivity contribution in [1.29, 1.82) is 0 Å². The number of fused-ring (bicyclic) bond motifs is 1. The molecule has 1 spiro atoms. The fourth-order valence-corrected chi connectivity index (χ4v) is 6.98. The Morgan fingerprint density at radius 2 is 1.98 bits per heavy atom. The molecule has 10 heteroatoms. The maximum atomic E-state index is 14.2. The van der Waals surface area contributed by atoms with E-state index in [1.54, 1.807) is 22.0 Å². The highest BCUT2D eigenvalue weighted by Gasteiger charge is 2.74. The molecule has 4 rings (SSSR count). The number of rotatable bonds is 18. The van der Waals surface area contributed by atoms with Gasteiger partial charge in [0, 0.05) is 32.7 Å². The molecule has 3 amide bonds. The van der Waals surface area contributed by atoms with Crippen LogP contribution in [0.25, 0.3) is 0 Å². The Balaban J connectivity index is 1.61. The first-order valence-electron chi connectivity index (χ1n) is 15.9. The van der Waals surface area contributed by atoms with Crippen molar-refractivity contribution in [2.24, 2.45) is 11.8 Å². The van der Waals surface area contributed by atoms with Crippen LogP contribution < -0.4 is 5.32 Å². The molecular formula is C34H47N3O7. The molecule has 1 aromatic carbocycles. The summed E-state index contributed by atoms with van der Waals surface area (Å²) in [6.07, 6.45) is 7.31. The highest BCUT2D eigenvalue weighted by atomic mass is 16.5. The van der Waals surface area contributed by atoms with Crippen LogP contribution in [0.2, 0.25) is 0 Å². The lowest BCUT2D eigenvalue weighted by atomic mass is 9.70. The minimum atomic E-state index is -1.11. The molecule has 3 saturated heterocycles. The lowest BCUT2D eigenvalue weighted by molar-refractivity contribution is -0.148. The van der Waals surface area contributed by atoms with E-state index in [0.29, 0.717) is 51.7 Å². The molecule has 3 aliphatic rings. The summed E-state index contributed by atoms with van der Waals surface area (Å²) in [4.78, 5) is 58.1. The van der Waals surface area contributed by atoms with E-state index in [9.17, 15) is 24.3 Å². The Morgan fingerprint density at radius 1 is 1.20 bits per heavy atom. The zero-order valence-electron chi connectivity index (χ0n) is 25.8. The molecular weight excluding hydrogens is 562 g/mol. The predicted molar refractivity (Wildman–Crippen MR) is 165 cm³/mol. The van der Waals surface area contributed by atoms with E-state index in [1.807, 2.05) is 30.3 Å². The molecule has 0 aromatic heterocycles. The normalized spacial score (nSPS) is 25.8. The number of hydrogen-bond acceptors (Lipinski definition) is 7. The molecule has 2 bridgehead atoms. The highest BCUT2D eigenvalue weighted by molar-refractivity contribution is 5.99. The molecule has 240 valence electrons. The lowest BCUT2D eigenvalue weighted by Gasteiger charge is -2.37. The van der Waals surface area contributed by atoms with Gasteiger partial charge in [0.2, 0.25) is 17.7 Å². The molecule has 6 atom stereocenters. The Bertz CT molecular complexity index is 1190. The van der Waals surface area contributed by atoms with Gasteiger partial charge in [-0.1, -0.05) is 55.8 Å². The van der Waals surface area contributed by atoms with Gasteiger partial charge in [-0.3, -0.25) is 19.2 Å². The van der Waals surface area contributed by atoms with E-state index >= 15 is 0 Å². The Morgan fingerprint density at radius 3 is 2.66 bits per heavy atom. The summed E-state index contributed by atoms with van der Waals surface area (Å²) in [6, 6.07) is 7.78. The van der Waals surface area contributed by atoms with E-state index in [0.717, 1.165) is 18.4 Å². The van der Waals surface area contributed by atoms with Crippen LogP contribution in [-0.2, 0) is 28.7 Å². The third kappa shape index (κ3) is 6.91. The summed E-state index contributed by atoms with van der Waals surface area (Å²) in [5, 5.41) is 12.5. The molecule has 0 aliphatic carbocycles. The summed E-state index contributed by atoms with van der Waals surface area (Å²) >= 11 is 0. The van der Waals surface area contributed by atoms with Crippen LogP contribution in [0.15, 0.2) is 55.6 Å². The summed E-state index contributed by atoms with van der Waals surface area (Å²) in [5.41, 5.74) is -0.339. The average molecular weight is 610 g/mol. The van der Waals surface area contributed by atoms with Crippen LogP contribution in [-0.4, -0.2) is 89.2 Å². The smallest absolute Gasteiger partial charge is 0.306 e. The first-order chi connectivity index (χ1) is 21.3. The summed E-state index contributed by atoms with van der Waals surface area (Å²) in [7, 11) is 0. The predicted octanol–water partition coefficient (Wildman–Crippen LogP) is 3.32. The third-order valence-corrected chi connectivity index (χ3v) is 9.07. The molecule has 44 heavy (non-hydrogen) atoms. The summed E-state index contributed by atoms with van der Waals surface area (Å²) in [5.74, 6) is -2.80. The van der Waals surface area contributed by atoms with Crippen molar-refractivity contribution < 1.29 is 33.8 Å². The van der Waals surface area contributed by atoms with Crippen LogP contribution in [0, 0.1) is 11.8 Å². The number of amides is 3. The number of esters is 1. The molecule has 3 aliphatic heterocycles. The van der Waals surface area contributed by atoms with E-state index in [-0.39, 0.29) is 43.3 Å². The minimum absolute atomic E-state index is 0.0169. The van der Waals surface area contributed by atoms with Crippen LogP contribution in [0.5, 0.6) is 0 Å². The number of aliphatic hydroxyl groups excluding tert-OH is 1. The Hall–Kier alpha value is -3.50. The lowest BCUT2D eigenvalue weighted by Crippen LogP contribution is -2.56. The molecule has 10 nitrogen and oxygen atoms in total. The zero-order valence-corrected chi connectivity index (χ0v) is 25.8. The number of carbonyl (C=O) groups is 4. The second kappa shape index (κ2) is 15.5. The van der Waals surface area contributed by atoms with Gasteiger partial charge in [0.25, 0.3) is 0 Å². The standard InChI is InChI=1S/C34H47N3O7/c1-4-7-16-27(39)43-23-25(24-14-10-9-11-15-24)35-31(40)28-26-17-18-34(44-26)29(28)32(41)37(21-12-13-22-38)30(34)33(42)36(19-6-3)20-8-5-2/h4,6,9-11,14-15,25-26,28-30,38H,1,3,5,7-8,12-13,16-23H2,2H3,(H,35,40)/t25-,26+,28-,29-,30+,34-/m1/s1.